The Bertz CT molecular complexity index is 687. The summed E-state index contributed by atoms with van der Waals surface area (Å²) in [5, 5.41) is 13.0. The number of nitrogens with one attached hydrogen (secondary N) is 1. The van der Waals surface area contributed by atoms with Gasteiger partial charge in [0.1, 0.15) is 5.69 Å². The van der Waals surface area contributed by atoms with E-state index in [4.69, 9.17) is 0 Å². The Labute approximate surface area is 134 Å². The number of rotatable bonds is 3. The molecule has 2 N–H and O–H groups in total. The van der Waals surface area contributed by atoms with Gasteiger partial charge in [0.2, 0.25) is 5.95 Å². The number of aromatic nitrogens is 3. The van der Waals surface area contributed by atoms with Crippen LogP contribution in [0.5, 0.6) is 0 Å². The Morgan fingerprint density at radius 1 is 1.26 bits per heavy atom. The Morgan fingerprint density at radius 2 is 2.00 bits per heavy atom. The molecule has 1 aliphatic heterocycles. The molecule has 0 aliphatic carbocycles. The summed E-state index contributed by atoms with van der Waals surface area (Å²) in [5.74, 6) is 0.286. The molecule has 0 bridgehead atoms. The van der Waals surface area contributed by atoms with Gasteiger partial charge in [-0.2, -0.15) is 0 Å². The standard InChI is InChI=1S/C16H19N5O2/c1-10-7-11(2)19-16(18-10)21-8-13(14(22)9-21)20-15(23)12-5-3-4-6-17-12/h3-7,13-14,22H,8-9H2,1-2H3,(H,20,23)/t13-,14-/m1/s1. The molecule has 7 heteroatoms. The van der Waals surface area contributed by atoms with Crippen molar-refractivity contribution in [1.29, 1.82) is 0 Å². The molecule has 1 aliphatic rings. The molecule has 2 aromatic rings. The molecule has 0 aromatic carbocycles. The van der Waals surface area contributed by atoms with E-state index < -0.39 is 6.10 Å². The van der Waals surface area contributed by atoms with Gasteiger partial charge in [-0.05, 0) is 32.0 Å². The number of hydrogen-bond acceptors (Lipinski definition) is 6. The molecule has 3 heterocycles. The molecule has 1 amide bonds. The third kappa shape index (κ3) is 3.45. The number of aliphatic hydroxyl groups excluding tert-OH is 1. The summed E-state index contributed by atoms with van der Waals surface area (Å²) in [4.78, 5) is 26.9. The lowest BCUT2D eigenvalue weighted by Gasteiger charge is -2.17. The molecule has 0 unspecified atom stereocenters. The summed E-state index contributed by atoms with van der Waals surface area (Å²) >= 11 is 0. The highest BCUT2D eigenvalue weighted by Gasteiger charge is 2.34. The normalized spacial score (nSPS) is 20.6. The van der Waals surface area contributed by atoms with Gasteiger partial charge in [0, 0.05) is 30.7 Å². The van der Waals surface area contributed by atoms with E-state index in [-0.39, 0.29) is 11.9 Å². The number of β-amino-alcohol motifs (C(OH)–C–C–N with tert-alkyl or cyclic N) is 1. The van der Waals surface area contributed by atoms with E-state index in [2.05, 4.69) is 20.3 Å². The number of anilines is 1. The van der Waals surface area contributed by atoms with Crippen molar-refractivity contribution in [3.8, 4) is 0 Å². The van der Waals surface area contributed by atoms with Gasteiger partial charge in [-0.15, -0.1) is 0 Å². The van der Waals surface area contributed by atoms with E-state index in [1.54, 1.807) is 24.4 Å². The zero-order valence-electron chi connectivity index (χ0n) is 13.1. The lowest BCUT2D eigenvalue weighted by Crippen LogP contribution is -2.43. The van der Waals surface area contributed by atoms with Gasteiger partial charge in [-0.1, -0.05) is 6.07 Å². The van der Waals surface area contributed by atoms with Gasteiger partial charge in [-0.25, -0.2) is 9.97 Å². The minimum Gasteiger partial charge on any atom is -0.389 e. The van der Waals surface area contributed by atoms with Crippen LogP contribution in [0.25, 0.3) is 0 Å². The van der Waals surface area contributed by atoms with E-state index in [1.165, 1.54) is 0 Å². The molecule has 2 aromatic heterocycles. The van der Waals surface area contributed by atoms with Gasteiger partial charge < -0.3 is 15.3 Å². The molecular weight excluding hydrogens is 294 g/mol. The molecule has 7 nitrogen and oxygen atoms in total. The smallest absolute Gasteiger partial charge is 0.270 e. The SMILES string of the molecule is Cc1cc(C)nc(N2C[C@@H](O)[C@H](NC(=O)c3ccccn3)C2)n1. The zero-order chi connectivity index (χ0) is 16.4. The first kappa shape index (κ1) is 15.4. The van der Waals surface area contributed by atoms with Crippen LogP contribution in [0.2, 0.25) is 0 Å². The molecule has 23 heavy (non-hydrogen) atoms. The van der Waals surface area contributed by atoms with Gasteiger partial charge >= 0.3 is 0 Å². The van der Waals surface area contributed by atoms with Crippen LogP contribution in [-0.4, -0.2) is 51.2 Å². The summed E-state index contributed by atoms with van der Waals surface area (Å²) in [6.45, 7) is 4.66. The predicted octanol–water partition coefficient (Wildman–Crippen LogP) is 0.468. The van der Waals surface area contributed by atoms with Crippen LogP contribution in [0, 0.1) is 13.8 Å². The van der Waals surface area contributed by atoms with Crippen molar-refractivity contribution in [3.05, 3.63) is 47.5 Å². The maximum Gasteiger partial charge on any atom is 0.270 e. The van der Waals surface area contributed by atoms with E-state index in [0.717, 1.165) is 11.4 Å². The van der Waals surface area contributed by atoms with Crippen molar-refractivity contribution in [2.75, 3.05) is 18.0 Å². The molecule has 0 spiro atoms. The van der Waals surface area contributed by atoms with Crippen LogP contribution in [-0.2, 0) is 0 Å². The Kier molecular flexibility index (Phi) is 4.20. The fourth-order valence-corrected chi connectivity index (χ4v) is 2.68. The fraction of sp³-hybridized carbons (Fsp3) is 0.375. The number of amides is 1. The molecular formula is C16H19N5O2. The van der Waals surface area contributed by atoms with Crippen molar-refractivity contribution >= 4 is 11.9 Å². The van der Waals surface area contributed by atoms with E-state index in [9.17, 15) is 9.90 Å². The second kappa shape index (κ2) is 6.29. The number of pyridine rings is 1. The lowest BCUT2D eigenvalue weighted by molar-refractivity contribution is 0.0884. The minimum atomic E-state index is -0.674. The number of aliphatic hydroxyl groups is 1. The molecule has 1 fully saturated rings. The Morgan fingerprint density at radius 3 is 2.65 bits per heavy atom. The fourth-order valence-electron chi connectivity index (χ4n) is 2.68. The van der Waals surface area contributed by atoms with E-state index >= 15 is 0 Å². The molecule has 3 rings (SSSR count). The first-order chi connectivity index (χ1) is 11.0. The van der Waals surface area contributed by atoms with Gasteiger partial charge in [0.25, 0.3) is 5.91 Å². The molecule has 1 saturated heterocycles. The maximum absolute atomic E-state index is 12.2. The van der Waals surface area contributed by atoms with Crippen LogP contribution < -0.4 is 10.2 Å². The lowest BCUT2D eigenvalue weighted by atomic mass is 10.2. The molecule has 0 radical (unpaired) electrons. The maximum atomic E-state index is 12.2. The molecule has 2 atom stereocenters. The second-order valence-electron chi connectivity index (χ2n) is 5.72. The third-order valence-electron chi connectivity index (χ3n) is 3.76. The van der Waals surface area contributed by atoms with Crippen LogP contribution in [0.1, 0.15) is 21.9 Å². The number of aryl methyl sites for hydroxylation is 2. The monoisotopic (exact) mass is 313 g/mol. The number of carbonyl (C=O) groups is 1. The summed E-state index contributed by atoms with van der Waals surface area (Å²) < 4.78 is 0. The third-order valence-corrected chi connectivity index (χ3v) is 3.76. The van der Waals surface area contributed by atoms with Gasteiger partial charge in [0.15, 0.2) is 0 Å². The minimum absolute atomic E-state index is 0.294. The first-order valence-electron chi connectivity index (χ1n) is 7.50. The summed E-state index contributed by atoms with van der Waals surface area (Å²) in [6, 6.07) is 6.66. The number of carbonyl (C=O) groups excluding carboxylic acids is 1. The van der Waals surface area contributed by atoms with Crippen molar-refractivity contribution in [2.24, 2.45) is 0 Å². The van der Waals surface area contributed by atoms with Crippen LogP contribution >= 0.6 is 0 Å². The van der Waals surface area contributed by atoms with E-state index in [0.29, 0.717) is 24.7 Å². The number of nitrogens with zero attached hydrogens (tertiary/aromatic N) is 4. The Hall–Kier alpha value is -2.54. The second-order valence-corrected chi connectivity index (χ2v) is 5.72. The highest BCUT2D eigenvalue weighted by Crippen LogP contribution is 2.18. The topological polar surface area (TPSA) is 91.2 Å². The van der Waals surface area contributed by atoms with E-state index in [1.807, 2.05) is 24.8 Å². The summed E-state index contributed by atoms with van der Waals surface area (Å²) in [6.07, 6.45) is 0.891. The zero-order valence-corrected chi connectivity index (χ0v) is 13.1. The highest BCUT2D eigenvalue weighted by molar-refractivity contribution is 5.92. The molecule has 0 saturated carbocycles. The number of hydrogen-bond donors (Lipinski definition) is 2. The van der Waals surface area contributed by atoms with Crippen molar-refractivity contribution in [2.45, 2.75) is 26.0 Å². The average Bonchev–Trinajstić information content (AvgIpc) is 2.88. The quantitative estimate of drug-likeness (QED) is 0.856. The highest BCUT2D eigenvalue weighted by atomic mass is 16.3. The van der Waals surface area contributed by atoms with Gasteiger partial charge in [-0.3, -0.25) is 9.78 Å². The van der Waals surface area contributed by atoms with Crippen LogP contribution in [0.4, 0.5) is 5.95 Å². The van der Waals surface area contributed by atoms with Crippen molar-refractivity contribution in [3.63, 3.8) is 0 Å². The van der Waals surface area contributed by atoms with Crippen molar-refractivity contribution < 1.29 is 9.90 Å². The predicted molar refractivity (Wildman–Crippen MR) is 85.2 cm³/mol. The van der Waals surface area contributed by atoms with Gasteiger partial charge in [0.05, 0.1) is 12.1 Å². The largest absolute Gasteiger partial charge is 0.389 e. The van der Waals surface area contributed by atoms with Crippen molar-refractivity contribution in [1.82, 2.24) is 20.3 Å². The van der Waals surface area contributed by atoms with Crippen LogP contribution in [0.3, 0.4) is 0 Å². The average molecular weight is 313 g/mol. The van der Waals surface area contributed by atoms with Crippen LogP contribution in [0.15, 0.2) is 30.5 Å². The Balaban J connectivity index is 1.70. The molecule has 120 valence electrons. The first-order valence-corrected chi connectivity index (χ1v) is 7.50. The summed E-state index contributed by atoms with van der Waals surface area (Å²) in [5.41, 5.74) is 2.09. The summed E-state index contributed by atoms with van der Waals surface area (Å²) in [7, 11) is 0.